The predicted molar refractivity (Wildman–Crippen MR) is 65.0 cm³/mol. The van der Waals surface area contributed by atoms with Crippen molar-refractivity contribution in [3.63, 3.8) is 0 Å². The van der Waals surface area contributed by atoms with Gasteiger partial charge in [-0.2, -0.15) is 13.2 Å². The highest BCUT2D eigenvalue weighted by Gasteiger charge is 2.56. The number of alkyl halides is 3. The summed E-state index contributed by atoms with van der Waals surface area (Å²) in [5.74, 6) is 0. The SMILES string of the molecule is BC(B)(c1ccccc1)C(C)(C)C(F)(F)F. The zero-order chi connectivity index (χ0) is 12.6. The van der Waals surface area contributed by atoms with Gasteiger partial charge in [0.05, 0.1) is 5.41 Å². The monoisotopic (exact) mass is 226 g/mol. The molecule has 0 nitrogen and oxygen atoms in total. The second-order valence-corrected chi connectivity index (χ2v) is 5.11. The van der Waals surface area contributed by atoms with Crippen molar-refractivity contribution < 1.29 is 13.2 Å². The summed E-state index contributed by atoms with van der Waals surface area (Å²) in [4.78, 5) is 0. The molecule has 0 heterocycles. The molecule has 0 aromatic heterocycles. The average Bonchev–Trinajstić information content (AvgIpc) is 2.17. The highest BCUT2D eigenvalue weighted by molar-refractivity contribution is 6.40. The van der Waals surface area contributed by atoms with Gasteiger partial charge in [-0.15, -0.1) is 0 Å². The van der Waals surface area contributed by atoms with E-state index < -0.39 is 16.8 Å². The molecule has 0 aliphatic rings. The van der Waals surface area contributed by atoms with Gasteiger partial charge in [-0.25, -0.2) is 0 Å². The van der Waals surface area contributed by atoms with Crippen molar-refractivity contribution >= 4 is 15.7 Å². The Morgan fingerprint density at radius 3 is 1.75 bits per heavy atom. The van der Waals surface area contributed by atoms with Crippen molar-refractivity contribution in [1.29, 1.82) is 0 Å². The van der Waals surface area contributed by atoms with Crippen molar-refractivity contribution in [3.8, 4) is 0 Å². The summed E-state index contributed by atoms with van der Waals surface area (Å²) in [6, 6.07) is 8.83. The number of rotatable bonds is 2. The zero-order valence-electron chi connectivity index (χ0n) is 10.0. The van der Waals surface area contributed by atoms with Crippen LogP contribution in [-0.2, 0) is 5.21 Å². The average molecular weight is 226 g/mol. The van der Waals surface area contributed by atoms with Gasteiger partial charge < -0.3 is 0 Å². The van der Waals surface area contributed by atoms with Crippen LogP contribution in [0.15, 0.2) is 30.3 Å². The Kier molecular flexibility index (Phi) is 3.19. The fraction of sp³-hybridized carbons (Fsp3) is 0.455. The molecule has 0 atom stereocenters. The summed E-state index contributed by atoms with van der Waals surface area (Å²) in [6.07, 6.45) is -4.22. The summed E-state index contributed by atoms with van der Waals surface area (Å²) < 4.78 is 39.0. The van der Waals surface area contributed by atoms with Crippen LogP contribution < -0.4 is 0 Å². The van der Waals surface area contributed by atoms with Crippen molar-refractivity contribution in [2.24, 2.45) is 5.41 Å². The van der Waals surface area contributed by atoms with E-state index in [9.17, 15) is 13.2 Å². The van der Waals surface area contributed by atoms with Crippen LogP contribution in [0.5, 0.6) is 0 Å². The van der Waals surface area contributed by atoms with E-state index in [1.54, 1.807) is 46.0 Å². The van der Waals surface area contributed by atoms with Crippen molar-refractivity contribution in [2.45, 2.75) is 25.2 Å². The van der Waals surface area contributed by atoms with Crippen LogP contribution in [0.4, 0.5) is 13.2 Å². The Morgan fingerprint density at radius 1 is 0.938 bits per heavy atom. The number of halogens is 3. The lowest BCUT2D eigenvalue weighted by molar-refractivity contribution is -0.217. The third-order valence-corrected chi connectivity index (χ3v) is 3.77. The van der Waals surface area contributed by atoms with Gasteiger partial charge >= 0.3 is 6.18 Å². The Labute approximate surface area is 96.1 Å². The standard InChI is InChI=1S/C11H15B2F3/c1-9(2,11(14,15)16)10(12,13)8-6-4-3-5-7-8/h3-7H,12-13H2,1-2H3. The quantitative estimate of drug-likeness (QED) is 0.673. The highest BCUT2D eigenvalue weighted by atomic mass is 19.4. The molecule has 1 aromatic rings. The minimum Gasteiger partial charge on any atom is -0.171 e. The van der Waals surface area contributed by atoms with Gasteiger partial charge in [-0.1, -0.05) is 49.7 Å². The smallest absolute Gasteiger partial charge is 0.171 e. The number of hydrogen-bond donors (Lipinski definition) is 0. The maximum atomic E-state index is 13.0. The Morgan fingerprint density at radius 2 is 1.38 bits per heavy atom. The topological polar surface area (TPSA) is 0 Å². The molecule has 0 radical (unpaired) electrons. The molecule has 16 heavy (non-hydrogen) atoms. The first-order valence-electron chi connectivity index (χ1n) is 5.23. The van der Waals surface area contributed by atoms with Crippen LogP contribution in [0.3, 0.4) is 0 Å². The molecule has 0 amide bonds. The summed E-state index contributed by atoms with van der Waals surface area (Å²) in [5.41, 5.74) is -1.06. The fourth-order valence-electron chi connectivity index (χ4n) is 1.57. The van der Waals surface area contributed by atoms with E-state index in [0.717, 1.165) is 0 Å². The van der Waals surface area contributed by atoms with E-state index in [1.807, 2.05) is 0 Å². The van der Waals surface area contributed by atoms with Gasteiger partial charge in [0.1, 0.15) is 15.7 Å². The molecule has 0 saturated heterocycles. The summed E-state index contributed by atoms with van der Waals surface area (Å²) in [5, 5.41) is -0.952. The van der Waals surface area contributed by atoms with E-state index >= 15 is 0 Å². The van der Waals surface area contributed by atoms with Crippen LogP contribution in [-0.4, -0.2) is 21.9 Å². The minimum atomic E-state index is -4.22. The second kappa shape index (κ2) is 3.86. The molecule has 5 heteroatoms. The molecule has 86 valence electrons. The van der Waals surface area contributed by atoms with E-state index in [0.29, 0.717) is 5.56 Å². The lowest BCUT2D eigenvalue weighted by atomic mass is 9.40. The highest BCUT2D eigenvalue weighted by Crippen LogP contribution is 2.48. The maximum absolute atomic E-state index is 13.0. The van der Waals surface area contributed by atoms with Crippen LogP contribution >= 0.6 is 0 Å². The lowest BCUT2D eigenvalue weighted by Gasteiger charge is -2.43. The lowest BCUT2D eigenvalue weighted by Crippen LogP contribution is -2.52. The van der Waals surface area contributed by atoms with Crippen LogP contribution in [0.25, 0.3) is 0 Å². The molecule has 0 aliphatic heterocycles. The van der Waals surface area contributed by atoms with E-state index in [4.69, 9.17) is 0 Å². The largest absolute Gasteiger partial charge is 0.393 e. The molecular formula is C11H15B2F3. The predicted octanol–water partition coefficient (Wildman–Crippen LogP) is 1.69. The zero-order valence-corrected chi connectivity index (χ0v) is 10.0. The second-order valence-electron chi connectivity index (χ2n) is 5.11. The molecule has 1 rings (SSSR count). The Balaban J connectivity index is 3.22. The van der Waals surface area contributed by atoms with Crippen LogP contribution in [0.2, 0.25) is 0 Å². The first-order chi connectivity index (χ1) is 7.11. The first kappa shape index (κ1) is 13.2. The van der Waals surface area contributed by atoms with Gasteiger partial charge in [-0.3, -0.25) is 0 Å². The first-order valence-corrected chi connectivity index (χ1v) is 5.23. The Bertz CT molecular complexity index is 355. The number of benzene rings is 1. The molecular weight excluding hydrogens is 211 g/mol. The summed E-state index contributed by atoms with van der Waals surface area (Å²) in [6.45, 7) is 2.50. The van der Waals surface area contributed by atoms with E-state index in [-0.39, 0.29) is 0 Å². The van der Waals surface area contributed by atoms with Crippen molar-refractivity contribution in [1.82, 2.24) is 0 Å². The Hall–Kier alpha value is -0.860. The summed E-state index contributed by atoms with van der Waals surface area (Å²) >= 11 is 0. The molecule has 0 bridgehead atoms. The molecule has 0 spiro atoms. The van der Waals surface area contributed by atoms with E-state index in [1.165, 1.54) is 13.8 Å². The van der Waals surface area contributed by atoms with Gasteiger partial charge in [-0.05, 0) is 5.21 Å². The molecule has 0 saturated carbocycles. The van der Waals surface area contributed by atoms with Gasteiger partial charge in [0, 0.05) is 0 Å². The van der Waals surface area contributed by atoms with Gasteiger partial charge in [0.25, 0.3) is 0 Å². The molecule has 0 aliphatic carbocycles. The van der Waals surface area contributed by atoms with Gasteiger partial charge in [0.2, 0.25) is 0 Å². The third kappa shape index (κ3) is 2.00. The molecule has 0 unspecified atom stereocenters. The summed E-state index contributed by atoms with van der Waals surface area (Å²) in [7, 11) is 3.27. The van der Waals surface area contributed by atoms with Crippen molar-refractivity contribution in [2.75, 3.05) is 0 Å². The van der Waals surface area contributed by atoms with Crippen LogP contribution in [0, 0.1) is 5.41 Å². The fourth-order valence-corrected chi connectivity index (χ4v) is 1.57. The van der Waals surface area contributed by atoms with Crippen molar-refractivity contribution in [3.05, 3.63) is 35.9 Å². The van der Waals surface area contributed by atoms with Gasteiger partial charge in [0.15, 0.2) is 0 Å². The molecule has 0 N–H and O–H groups in total. The minimum absolute atomic E-state index is 0.706. The molecule has 0 fully saturated rings. The number of hydrogen-bond acceptors (Lipinski definition) is 0. The molecule has 1 aromatic carbocycles. The maximum Gasteiger partial charge on any atom is 0.393 e. The van der Waals surface area contributed by atoms with Crippen LogP contribution in [0.1, 0.15) is 19.4 Å². The van der Waals surface area contributed by atoms with E-state index in [2.05, 4.69) is 0 Å². The normalized spacial score (nSPS) is 13.8. The third-order valence-electron chi connectivity index (χ3n) is 3.77.